The molecule has 0 heterocycles. The summed E-state index contributed by atoms with van der Waals surface area (Å²) in [5.41, 5.74) is 0. The van der Waals surface area contributed by atoms with Crippen molar-refractivity contribution in [3.05, 3.63) is 0 Å². The lowest BCUT2D eigenvalue weighted by atomic mass is 9.96. The van der Waals surface area contributed by atoms with Crippen molar-refractivity contribution in [3.8, 4) is 0 Å². The third-order valence-corrected chi connectivity index (χ3v) is 2.37. The van der Waals surface area contributed by atoms with Gasteiger partial charge in [-0.15, -0.1) is 0 Å². The summed E-state index contributed by atoms with van der Waals surface area (Å²) in [6.45, 7) is 6.88. The van der Waals surface area contributed by atoms with Gasteiger partial charge in [0.05, 0.1) is 0 Å². The van der Waals surface area contributed by atoms with Crippen LogP contribution in [0.25, 0.3) is 0 Å². The average Bonchev–Trinajstić information content (AvgIpc) is 2.23. The summed E-state index contributed by atoms with van der Waals surface area (Å²) in [5.74, 6) is 1.01. The number of carbonyl (C=O) groups is 2. The maximum Gasteiger partial charge on any atom is 0.503 e. The van der Waals surface area contributed by atoms with Crippen LogP contribution >= 0.6 is 0 Å². The van der Waals surface area contributed by atoms with Crippen LogP contribution in [0.15, 0.2) is 0 Å². The minimum atomic E-state index is -1.83. The van der Waals surface area contributed by atoms with E-state index >= 15 is 0 Å². The Morgan fingerprint density at radius 2 is 1.16 bits per heavy atom. The van der Waals surface area contributed by atoms with Crippen molar-refractivity contribution in [1.82, 2.24) is 0 Å². The molecular weight excluding hydrogens is 256 g/mol. The maximum absolute atomic E-state index is 8.56. The molecule has 0 aliphatic carbocycles. The van der Waals surface area contributed by atoms with E-state index < -0.39 is 12.3 Å². The van der Waals surface area contributed by atoms with Gasteiger partial charge in [0.25, 0.3) is 0 Å². The highest BCUT2D eigenvalue weighted by Crippen LogP contribution is 2.16. The van der Waals surface area contributed by atoms with Crippen molar-refractivity contribution >= 4 is 12.3 Å². The molecule has 0 spiro atoms. The van der Waals surface area contributed by atoms with Gasteiger partial charge < -0.3 is 25.9 Å². The summed E-state index contributed by atoms with van der Waals surface area (Å²) >= 11 is 0. The van der Waals surface area contributed by atoms with Gasteiger partial charge >= 0.3 is 12.3 Å². The average molecular weight is 284 g/mol. The van der Waals surface area contributed by atoms with E-state index in [4.69, 9.17) is 30.0 Å². The Kier molecular flexibility index (Phi) is 29.9. The van der Waals surface area contributed by atoms with E-state index in [-0.39, 0.29) is 5.48 Å². The normalized spacial score (nSPS) is 8.21. The van der Waals surface area contributed by atoms with Crippen LogP contribution in [0.3, 0.4) is 0 Å². The van der Waals surface area contributed by atoms with E-state index in [0.29, 0.717) is 0 Å². The van der Waals surface area contributed by atoms with Crippen LogP contribution in [0.5, 0.6) is 0 Å². The van der Waals surface area contributed by atoms with E-state index in [9.17, 15) is 0 Å². The fourth-order valence-electron chi connectivity index (χ4n) is 1.38. The molecule has 0 aliphatic rings. The Labute approximate surface area is 114 Å². The molecule has 7 heteroatoms. The Hall–Kier alpha value is -1.50. The molecule has 0 aromatic heterocycles. The van der Waals surface area contributed by atoms with Crippen molar-refractivity contribution in [3.63, 3.8) is 0 Å². The molecule has 0 rings (SSSR count). The molecule has 0 atom stereocenters. The lowest BCUT2D eigenvalue weighted by Crippen LogP contribution is -1.95. The fraction of sp³-hybridized carbons (Fsp3) is 0.833. The number of rotatable bonds is 6. The smallest absolute Gasteiger partial charge is 0.450 e. The van der Waals surface area contributed by atoms with E-state index in [1.165, 1.54) is 38.5 Å². The van der Waals surface area contributed by atoms with Gasteiger partial charge in [0.2, 0.25) is 0 Å². The van der Waals surface area contributed by atoms with Crippen LogP contribution in [0.4, 0.5) is 9.59 Å². The van der Waals surface area contributed by atoms with Crippen LogP contribution < -0.4 is 0 Å². The molecule has 6 N–H and O–H groups in total. The zero-order valence-electron chi connectivity index (χ0n) is 11.9. The second-order valence-corrected chi connectivity index (χ2v) is 3.74. The number of unbranched alkanes of at least 4 members (excludes halogenated alkanes) is 2. The van der Waals surface area contributed by atoms with E-state index in [1.807, 2.05) is 0 Å². The summed E-state index contributed by atoms with van der Waals surface area (Å²) in [7, 11) is 0. The number of hydrogen-bond acceptors (Lipinski definition) is 2. The predicted octanol–water partition coefficient (Wildman–Crippen LogP) is 3.62. The van der Waals surface area contributed by atoms with Crippen LogP contribution in [-0.2, 0) is 0 Å². The first kappa shape index (κ1) is 26.1. The minimum absolute atomic E-state index is 0. The largest absolute Gasteiger partial charge is 0.503 e. The molecule has 0 bridgehead atoms. The van der Waals surface area contributed by atoms with Crippen LogP contribution in [0, 0.1) is 5.92 Å². The second-order valence-electron chi connectivity index (χ2n) is 3.74. The van der Waals surface area contributed by atoms with Gasteiger partial charge in [0, 0.05) is 0 Å². The van der Waals surface area contributed by atoms with Crippen molar-refractivity contribution in [2.45, 2.75) is 59.3 Å². The van der Waals surface area contributed by atoms with Crippen LogP contribution in [0.1, 0.15) is 59.3 Å². The van der Waals surface area contributed by atoms with Gasteiger partial charge in [-0.3, -0.25) is 0 Å². The third kappa shape index (κ3) is 61.7. The molecule has 0 aromatic carbocycles. The SMILES string of the molecule is CCCCCC(CC)CC.O.O=C(O)O.O=C(O)O. The zero-order chi connectivity index (χ0) is 15.0. The highest BCUT2D eigenvalue weighted by atomic mass is 16.6. The van der Waals surface area contributed by atoms with Crippen molar-refractivity contribution in [1.29, 1.82) is 0 Å². The molecule has 0 unspecified atom stereocenters. The fourth-order valence-corrected chi connectivity index (χ4v) is 1.38. The van der Waals surface area contributed by atoms with Gasteiger partial charge in [0.15, 0.2) is 0 Å². The summed E-state index contributed by atoms with van der Waals surface area (Å²) < 4.78 is 0. The molecule has 19 heavy (non-hydrogen) atoms. The first-order valence-electron chi connectivity index (χ1n) is 6.15. The predicted molar refractivity (Wildman–Crippen MR) is 73.1 cm³/mol. The first-order chi connectivity index (χ1) is 8.31. The molecule has 118 valence electrons. The highest BCUT2D eigenvalue weighted by molar-refractivity contribution is 5.53. The third-order valence-electron chi connectivity index (χ3n) is 2.37. The summed E-state index contributed by atoms with van der Waals surface area (Å²) in [5, 5.41) is 27.9. The molecule has 0 saturated heterocycles. The standard InChI is InChI=1S/C10H22.2CH2O3.H2O/c1-4-7-8-9-10(5-2)6-3;2*2-1(3)4;/h10H,4-9H2,1-3H3;2*(H2,2,3,4);1H2. The maximum atomic E-state index is 8.56. The van der Waals surface area contributed by atoms with Crippen LogP contribution in [0.2, 0.25) is 0 Å². The Bertz CT molecular complexity index is 171. The zero-order valence-corrected chi connectivity index (χ0v) is 11.9. The van der Waals surface area contributed by atoms with Gasteiger partial charge in [-0.05, 0) is 5.92 Å². The first-order valence-corrected chi connectivity index (χ1v) is 6.15. The molecule has 0 fully saturated rings. The van der Waals surface area contributed by atoms with Crippen LogP contribution in [-0.4, -0.2) is 38.2 Å². The minimum Gasteiger partial charge on any atom is -0.450 e. The van der Waals surface area contributed by atoms with Gasteiger partial charge in [-0.25, -0.2) is 9.59 Å². The number of carboxylic acid groups (broad SMARTS) is 4. The Morgan fingerprint density at radius 1 is 0.842 bits per heavy atom. The van der Waals surface area contributed by atoms with Gasteiger partial charge in [-0.2, -0.15) is 0 Å². The summed E-state index contributed by atoms with van der Waals surface area (Å²) in [6, 6.07) is 0. The van der Waals surface area contributed by atoms with E-state index in [2.05, 4.69) is 20.8 Å². The van der Waals surface area contributed by atoms with Crippen molar-refractivity contribution in [2.75, 3.05) is 0 Å². The monoisotopic (exact) mass is 284 g/mol. The summed E-state index contributed by atoms with van der Waals surface area (Å²) in [6.07, 6.45) is 4.78. The van der Waals surface area contributed by atoms with Crippen molar-refractivity contribution < 1.29 is 35.5 Å². The molecule has 0 radical (unpaired) electrons. The van der Waals surface area contributed by atoms with E-state index in [1.54, 1.807) is 0 Å². The number of hydrogen-bond donors (Lipinski definition) is 4. The summed E-state index contributed by atoms with van der Waals surface area (Å²) in [4.78, 5) is 17.1. The van der Waals surface area contributed by atoms with Crippen molar-refractivity contribution in [2.24, 2.45) is 5.92 Å². The molecular formula is C12H28O7. The topological polar surface area (TPSA) is 147 Å². The molecule has 7 nitrogen and oxygen atoms in total. The second kappa shape index (κ2) is 21.8. The molecule has 0 aliphatic heterocycles. The highest BCUT2D eigenvalue weighted by Gasteiger charge is 2.00. The lowest BCUT2D eigenvalue weighted by molar-refractivity contribution is 0.135. The van der Waals surface area contributed by atoms with Gasteiger partial charge in [0.1, 0.15) is 0 Å². The van der Waals surface area contributed by atoms with Gasteiger partial charge in [-0.1, -0.05) is 59.3 Å². The lowest BCUT2D eigenvalue weighted by Gasteiger charge is -2.10. The molecule has 0 aromatic rings. The quantitative estimate of drug-likeness (QED) is 0.547. The Balaban J connectivity index is -0.000000105. The Morgan fingerprint density at radius 3 is 1.37 bits per heavy atom. The molecule has 0 saturated carbocycles. The van der Waals surface area contributed by atoms with E-state index in [0.717, 1.165) is 5.92 Å². The molecule has 0 amide bonds.